The molecule has 3 aromatic rings. The zero-order chi connectivity index (χ0) is 20.9. The van der Waals surface area contributed by atoms with Crippen LogP contribution in [0.5, 0.6) is 0 Å². The van der Waals surface area contributed by atoms with E-state index in [0.717, 1.165) is 22.9 Å². The van der Waals surface area contributed by atoms with Crippen molar-refractivity contribution in [3.05, 3.63) is 89.5 Å². The van der Waals surface area contributed by atoms with Crippen molar-refractivity contribution in [2.24, 2.45) is 0 Å². The highest BCUT2D eigenvalue weighted by Crippen LogP contribution is 2.33. The first-order valence-electron chi connectivity index (χ1n) is 10.0. The van der Waals surface area contributed by atoms with Gasteiger partial charge < -0.3 is 9.80 Å². The van der Waals surface area contributed by atoms with E-state index >= 15 is 0 Å². The van der Waals surface area contributed by atoms with Crippen molar-refractivity contribution in [2.45, 2.75) is 16.7 Å². The van der Waals surface area contributed by atoms with Crippen LogP contribution >= 0.6 is 11.8 Å². The number of carbonyl (C=O) groups excluding carboxylic acids is 1. The number of hydrogen-bond donors (Lipinski definition) is 0. The Morgan fingerprint density at radius 1 is 0.900 bits per heavy atom. The molecule has 0 unspecified atom stereocenters. The third-order valence-corrected chi connectivity index (χ3v) is 6.43. The van der Waals surface area contributed by atoms with Crippen LogP contribution in [-0.2, 0) is 0 Å². The average Bonchev–Trinajstić information content (AvgIpc) is 2.79. The lowest BCUT2D eigenvalue weighted by Crippen LogP contribution is -2.48. The number of aryl methyl sites for hydroxylation is 1. The number of piperazine rings is 1. The molecule has 1 amide bonds. The van der Waals surface area contributed by atoms with Crippen molar-refractivity contribution in [1.82, 2.24) is 4.90 Å². The summed E-state index contributed by atoms with van der Waals surface area (Å²) in [5.74, 6) is 0.0523. The Hall–Kier alpha value is -3.23. The van der Waals surface area contributed by atoms with E-state index in [1.165, 1.54) is 23.0 Å². The van der Waals surface area contributed by atoms with Gasteiger partial charge in [0, 0.05) is 41.7 Å². The van der Waals surface area contributed by atoms with Gasteiger partial charge in [-0.05, 0) is 48.9 Å². The van der Waals surface area contributed by atoms with Gasteiger partial charge in [0.15, 0.2) is 0 Å². The van der Waals surface area contributed by atoms with Gasteiger partial charge in [0.25, 0.3) is 5.91 Å². The van der Waals surface area contributed by atoms with E-state index in [-0.39, 0.29) is 5.91 Å². The second kappa shape index (κ2) is 9.06. The molecule has 1 fully saturated rings. The van der Waals surface area contributed by atoms with E-state index in [1.54, 1.807) is 6.07 Å². The standard InChI is InChI=1S/C25H23N3OS/c1-19-7-6-9-21(17-19)27-13-15-28(16-14-27)25(29)22-10-3-5-12-24(22)30-23-11-4-2-8-20(23)18-26/h2-12,17H,13-16H2,1H3. The predicted molar refractivity (Wildman–Crippen MR) is 121 cm³/mol. The highest BCUT2D eigenvalue weighted by atomic mass is 32.2. The minimum atomic E-state index is 0.0523. The van der Waals surface area contributed by atoms with E-state index in [2.05, 4.69) is 42.2 Å². The number of nitriles is 1. The van der Waals surface area contributed by atoms with Crippen LogP contribution in [0.2, 0.25) is 0 Å². The lowest BCUT2D eigenvalue weighted by atomic mass is 10.1. The second-order valence-corrected chi connectivity index (χ2v) is 8.41. The number of amides is 1. The summed E-state index contributed by atoms with van der Waals surface area (Å²) in [6, 6.07) is 25.9. The molecule has 4 rings (SSSR count). The number of anilines is 1. The van der Waals surface area contributed by atoms with Gasteiger partial charge in [0.2, 0.25) is 0 Å². The van der Waals surface area contributed by atoms with Gasteiger partial charge >= 0.3 is 0 Å². The molecule has 0 saturated carbocycles. The van der Waals surface area contributed by atoms with Gasteiger partial charge in [0.05, 0.1) is 11.1 Å². The number of carbonyl (C=O) groups is 1. The summed E-state index contributed by atoms with van der Waals surface area (Å²) in [4.78, 5) is 19.3. The maximum atomic E-state index is 13.3. The monoisotopic (exact) mass is 413 g/mol. The predicted octanol–water partition coefficient (Wildman–Crippen LogP) is 4.98. The molecule has 3 aromatic carbocycles. The van der Waals surface area contributed by atoms with Crippen molar-refractivity contribution in [2.75, 3.05) is 31.1 Å². The molecule has 1 aliphatic heterocycles. The quantitative estimate of drug-likeness (QED) is 0.605. The molecular formula is C25H23N3OS. The first kappa shape index (κ1) is 20.1. The molecule has 1 saturated heterocycles. The van der Waals surface area contributed by atoms with Crippen LogP contribution in [0.4, 0.5) is 5.69 Å². The third kappa shape index (κ3) is 4.34. The summed E-state index contributed by atoms with van der Waals surface area (Å²) in [6.07, 6.45) is 0. The Morgan fingerprint density at radius 3 is 2.33 bits per heavy atom. The second-order valence-electron chi connectivity index (χ2n) is 7.32. The fourth-order valence-electron chi connectivity index (χ4n) is 3.66. The largest absolute Gasteiger partial charge is 0.368 e. The van der Waals surface area contributed by atoms with Crippen molar-refractivity contribution in [1.29, 1.82) is 5.26 Å². The van der Waals surface area contributed by atoms with E-state index in [1.807, 2.05) is 47.4 Å². The van der Waals surface area contributed by atoms with Crippen molar-refractivity contribution in [3.8, 4) is 6.07 Å². The first-order valence-corrected chi connectivity index (χ1v) is 10.8. The number of hydrogen-bond acceptors (Lipinski definition) is 4. The van der Waals surface area contributed by atoms with Gasteiger partial charge in [-0.25, -0.2) is 0 Å². The maximum Gasteiger partial charge on any atom is 0.255 e. The Labute approximate surface area is 181 Å². The van der Waals surface area contributed by atoms with Gasteiger partial charge in [-0.3, -0.25) is 4.79 Å². The molecule has 0 aliphatic carbocycles. The minimum absolute atomic E-state index is 0.0523. The molecule has 4 nitrogen and oxygen atoms in total. The molecular weight excluding hydrogens is 390 g/mol. The van der Waals surface area contributed by atoms with Crippen LogP contribution in [-0.4, -0.2) is 37.0 Å². The molecule has 0 radical (unpaired) electrons. The molecule has 0 spiro atoms. The fourth-order valence-corrected chi connectivity index (χ4v) is 4.68. The highest BCUT2D eigenvalue weighted by Gasteiger charge is 2.24. The zero-order valence-corrected chi connectivity index (χ0v) is 17.7. The van der Waals surface area contributed by atoms with E-state index < -0.39 is 0 Å². The summed E-state index contributed by atoms with van der Waals surface area (Å²) in [6.45, 7) is 5.13. The normalized spacial score (nSPS) is 13.7. The van der Waals surface area contributed by atoms with Gasteiger partial charge in [-0.2, -0.15) is 5.26 Å². The molecule has 5 heteroatoms. The molecule has 1 heterocycles. The fraction of sp³-hybridized carbons (Fsp3) is 0.200. The Bertz CT molecular complexity index is 1100. The van der Waals surface area contributed by atoms with E-state index in [4.69, 9.17) is 0 Å². The molecule has 0 atom stereocenters. The van der Waals surface area contributed by atoms with Crippen LogP contribution in [0.3, 0.4) is 0 Å². The van der Waals surface area contributed by atoms with E-state index in [0.29, 0.717) is 24.2 Å². The minimum Gasteiger partial charge on any atom is -0.368 e. The zero-order valence-electron chi connectivity index (χ0n) is 16.9. The summed E-state index contributed by atoms with van der Waals surface area (Å²) < 4.78 is 0. The molecule has 1 aliphatic rings. The van der Waals surface area contributed by atoms with Gasteiger partial charge in [-0.15, -0.1) is 0 Å². The van der Waals surface area contributed by atoms with Crippen LogP contribution in [0.25, 0.3) is 0 Å². The molecule has 30 heavy (non-hydrogen) atoms. The van der Waals surface area contributed by atoms with Gasteiger partial charge in [-0.1, -0.05) is 48.2 Å². The Balaban J connectivity index is 1.49. The number of rotatable bonds is 4. The highest BCUT2D eigenvalue weighted by molar-refractivity contribution is 7.99. The van der Waals surface area contributed by atoms with Crippen molar-refractivity contribution < 1.29 is 4.79 Å². The number of benzene rings is 3. The summed E-state index contributed by atoms with van der Waals surface area (Å²) in [7, 11) is 0. The molecule has 0 N–H and O–H groups in total. The smallest absolute Gasteiger partial charge is 0.255 e. The Morgan fingerprint density at radius 2 is 1.60 bits per heavy atom. The van der Waals surface area contributed by atoms with Crippen LogP contribution in [0.1, 0.15) is 21.5 Å². The van der Waals surface area contributed by atoms with Crippen LogP contribution in [0, 0.1) is 18.3 Å². The van der Waals surface area contributed by atoms with Crippen molar-refractivity contribution in [3.63, 3.8) is 0 Å². The number of nitrogens with zero attached hydrogens (tertiary/aromatic N) is 3. The molecule has 0 aromatic heterocycles. The van der Waals surface area contributed by atoms with Gasteiger partial charge in [0.1, 0.15) is 6.07 Å². The summed E-state index contributed by atoms with van der Waals surface area (Å²) >= 11 is 1.48. The topological polar surface area (TPSA) is 47.3 Å². The SMILES string of the molecule is Cc1cccc(N2CCN(C(=O)c3ccccc3Sc3ccccc3C#N)CC2)c1. The molecule has 150 valence electrons. The lowest BCUT2D eigenvalue weighted by molar-refractivity contribution is 0.0743. The third-order valence-electron chi connectivity index (χ3n) is 5.28. The average molecular weight is 414 g/mol. The lowest BCUT2D eigenvalue weighted by Gasteiger charge is -2.36. The maximum absolute atomic E-state index is 13.3. The Kier molecular flexibility index (Phi) is 6.06. The van der Waals surface area contributed by atoms with E-state index in [9.17, 15) is 10.1 Å². The first-order chi connectivity index (χ1) is 14.7. The summed E-state index contributed by atoms with van der Waals surface area (Å²) in [5, 5.41) is 9.37. The van der Waals surface area contributed by atoms with Crippen LogP contribution < -0.4 is 4.90 Å². The summed E-state index contributed by atoms with van der Waals surface area (Å²) in [5.41, 5.74) is 3.77. The van der Waals surface area contributed by atoms with Crippen molar-refractivity contribution >= 4 is 23.4 Å². The molecule has 0 bridgehead atoms. The van der Waals surface area contributed by atoms with Crippen LogP contribution in [0.15, 0.2) is 82.6 Å².